The lowest BCUT2D eigenvalue weighted by Crippen LogP contribution is -2.29. The molecule has 1 aliphatic rings. The van der Waals surface area contributed by atoms with Crippen LogP contribution in [0, 0.1) is 5.92 Å². The van der Waals surface area contributed by atoms with Crippen molar-refractivity contribution in [2.24, 2.45) is 5.92 Å². The van der Waals surface area contributed by atoms with E-state index in [0.29, 0.717) is 11.5 Å². The smallest absolute Gasteiger partial charge is 0.0522 e. The summed E-state index contributed by atoms with van der Waals surface area (Å²) in [7, 11) is 2.06. The molecule has 0 bridgehead atoms. The molecule has 3 nitrogen and oxygen atoms in total. The standard InChI is InChI=1S/C12H21N3/c1-10(2)8-15-9-11(7-14-15)6-12(13-3)4-5-12/h7,9-10,13H,4-6,8H2,1-3H3. The Morgan fingerprint density at radius 3 is 2.80 bits per heavy atom. The van der Waals surface area contributed by atoms with Crippen molar-refractivity contribution in [3.63, 3.8) is 0 Å². The SMILES string of the molecule is CNC1(Cc2cnn(CC(C)C)c2)CC1. The Balaban J connectivity index is 1.95. The van der Waals surface area contributed by atoms with Crippen LogP contribution in [-0.4, -0.2) is 22.4 Å². The molecule has 1 heterocycles. The van der Waals surface area contributed by atoms with E-state index in [4.69, 9.17) is 0 Å². The molecule has 0 amide bonds. The summed E-state index contributed by atoms with van der Waals surface area (Å²) in [5.41, 5.74) is 1.76. The number of nitrogens with one attached hydrogen (secondary N) is 1. The van der Waals surface area contributed by atoms with Crippen molar-refractivity contribution >= 4 is 0 Å². The second-order valence-corrected chi connectivity index (χ2v) is 5.17. The zero-order valence-electron chi connectivity index (χ0n) is 9.95. The summed E-state index contributed by atoms with van der Waals surface area (Å²) in [6, 6.07) is 0. The molecule has 0 radical (unpaired) electrons. The van der Waals surface area contributed by atoms with Crippen LogP contribution < -0.4 is 5.32 Å². The van der Waals surface area contributed by atoms with E-state index in [1.165, 1.54) is 18.4 Å². The van der Waals surface area contributed by atoms with Crippen molar-refractivity contribution in [3.8, 4) is 0 Å². The van der Waals surface area contributed by atoms with E-state index in [9.17, 15) is 0 Å². The van der Waals surface area contributed by atoms with Crippen molar-refractivity contribution in [2.45, 2.75) is 45.2 Å². The second-order valence-electron chi connectivity index (χ2n) is 5.17. The van der Waals surface area contributed by atoms with E-state index in [1.54, 1.807) is 0 Å². The lowest BCUT2D eigenvalue weighted by molar-refractivity contribution is 0.482. The Labute approximate surface area is 91.9 Å². The molecular weight excluding hydrogens is 186 g/mol. The predicted octanol–water partition coefficient (Wildman–Crippen LogP) is 1.83. The maximum Gasteiger partial charge on any atom is 0.0522 e. The normalized spacial score (nSPS) is 18.4. The number of hydrogen-bond donors (Lipinski definition) is 1. The minimum atomic E-state index is 0.395. The highest BCUT2D eigenvalue weighted by molar-refractivity contribution is 5.15. The van der Waals surface area contributed by atoms with E-state index in [0.717, 1.165) is 13.0 Å². The Kier molecular flexibility index (Phi) is 2.83. The van der Waals surface area contributed by atoms with E-state index in [1.807, 2.05) is 6.20 Å². The van der Waals surface area contributed by atoms with Gasteiger partial charge in [-0.2, -0.15) is 5.10 Å². The molecule has 0 unspecified atom stereocenters. The molecule has 1 aliphatic carbocycles. The van der Waals surface area contributed by atoms with Crippen molar-refractivity contribution in [1.29, 1.82) is 0 Å². The largest absolute Gasteiger partial charge is 0.314 e. The average molecular weight is 207 g/mol. The lowest BCUT2D eigenvalue weighted by Gasteiger charge is -2.11. The molecule has 0 saturated heterocycles. The van der Waals surface area contributed by atoms with E-state index >= 15 is 0 Å². The minimum absolute atomic E-state index is 0.395. The maximum atomic E-state index is 4.39. The quantitative estimate of drug-likeness (QED) is 0.798. The van der Waals surface area contributed by atoms with Gasteiger partial charge in [-0.1, -0.05) is 13.8 Å². The van der Waals surface area contributed by atoms with Gasteiger partial charge in [-0.15, -0.1) is 0 Å². The van der Waals surface area contributed by atoms with Crippen LogP contribution in [0.2, 0.25) is 0 Å². The molecule has 1 fully saturated rings. The number of likely N-dealkylation sites (N-methyl/N-ethyl adjacent to an activating group) is 1. The summed E-state index contributed by atoms with van der Waals surface area (Å²) in [5, 5.41) is 7.81. The molecule has 1 aromatic rings. The van der Waals surface area contributed by atoms with Crippen LogP contribution in [0.25, 0.3) is 0 Å². The van der Waals surface area contributed by atoms with Gasteiger partial charge in [0.1, 0.15) is 0 Å². The third-order valence-corrected chi connectivity index (χ3v) is 3.17. The first-order valence-corrected chi connectivity index (χ1v) is 5.84. The summed E-state index contributed by atoms with van der Waals surface area (Å²) < 4.78 is 2.06. The molecule has 1 saturated carbocycles. The highest BCUT2D eigenvalue weighted by atomic mass is 15.3. The molecule has 2 rings (SSSR count). The summed E-state index contributed by atoms with van der Waals surface area (Å²) in [5.74, 6) is 0.664. The number of hydrogen-bond acceptors (Lipinski definition) is 2. The first-order valence-electron chi connectivity index (χ1n) is 5.84. The van der Waals surface area contributed by atoms with Gasteiger partial charge >= 0.3 is 0 Å². The molecule has 1 N–H and O–H groups in total. The molecule has 3 heteroatoms. The third-order valence-electron chi connectivity index (χ3n) is 3.17. The van der Waals surface area contributed by atoms with Gasteiger partial charge in [-0.05, 0) is 37.8 Å². The van der Waals surface area contributed by atoms with Gasteiger partial charge in [0.25, 0.3) is 0 Å². The highest BCUT2D eigenvalue weighted by Crippen LogP contribution is 2.37. The zero-order chi connectivity index (χ0) is 10.9. The minimum Gasteiger partial charge on any atom is -0.314 e. The fourth-order valence-electron chi connectivity index (χ4n) is 2.03. The fourth-order valence-corrected chi connectivity index (χ4v) is 2.03. The van der Waals surface area contributed by atoms with Gasteiger partial charge in [0.15, 0.2) is 0 Å². The van der Waals surface area contributed by atoms with Crippen molar-refractivity contribution in [2.75, 3.05) is 7.05 Å². The van der Waals surface area contributed by atoms with Crippen LogP contribution in [0.5, 0.6) is 0 Å². The van der Waals surface area contributed by atoms with Crippen LogP contribution in [0.1, 0.15) is 32.3 Å². The number of nitrogens with zero attached hydrogens (tertiary/aromatic N) is 2. The van der Waals surface area contributed by atoms with Crippen molar-refractivity contribution < 1.29 is 0 Å². The Bertz CT molecular complexity index is 323. The number of aromatic nitrogens is 2. The highest BCUT2D eigenvalue weighted by Gasteiger charge is 2.40. The van der Waals surface area contributed by atoms with Gasteiger partial charge in [0.05, 0.1) is 6.20 Å². The van der Waals surface area contributed by atoms with E-state index in [-0.39, 0.29) is 0 Å². The summed E-state index contributed by atoms with van der Waals surface area (Å²) >= 11 is 0. The van der Waals surface area contributed by atoms with Crippen LogP contribution in [0.4, 0.5) is 0 Å². The average Bonchev–Trinajstić information content (AvgIpc) is 2.82. The van der Waals surface area contributed by atoms with Gasteiger partial charge in [0.2, 0.25) is 0 Å². The van der Waals surface area contributed by atoms with Crippen molar-refractivity contribution in [1.82, 2.24) is 15.1 Å². The first kappa shape index (κ1) is 10.7. The van der Waals surface area contributed by atoms with Gasteiger partial charge in [0, 0.05) is 18.3 Å². The summed E-state index contributed by atoms with van der Waals surface area (Å²) in [6.45, 7) is 5.46. The predicted molar refractivity (Wildman–Crippen MR) is 61.8 cm³/mol. The van der Waals surface area contributed by atoms with Crippen LogP contribution in [-0.2, 0) is 13.0 Å². The molecule has 15 heavy (non-hydrogen) atoms. The van der Waals surface area contributed by atoms with Crippen LogP contribution >= 0.6 is 0 Å². The molecule has 0 atom stereocenters. The van der Waals surface area contributed by atoms with Gasteiger partial charge in [-0.25, -0.2) is 0 Å². The molecule has 0 aromatic carbocycles. The second kappa shape index (κ2) is 3.97. The fraction of sp³-hybridized carbons (Fsp3) is 0.750. The van der Waals surface area contributed by atoms with Crippen LogP contribution in [0.3, 0.4) is 0 Å². The lowest BCUT2D eigenvalue weighted by atomic mass is 10.1. The summed E-state index contributed by atoms with van der Waals surface area (Å²) in [6.07, 6.45) is 7.94. The molecule has 84 valence electrons. The van der Waals surface area contributed by atoms with Crippen molar-refractivity contribution in [3.05, 3.63) is 18.0 Å². The molecular formula is C12H21N3. The number of rotatable bonds is 5. The van der Waals surface area contributed by atoms with Gasteiger partial charge in [-0.3, -0.25) is 4.68 Å². The molecule has 0 aliphatic heterocycles. The zero-order valence-corrected chi connectivity index (χ0v) is 9.95. The van der Waals surface area contributed by atoms with E-state index < -0.39 is 0 Å². The monoisotopic (exact) mass is 207 g/mol. The van der Waals surface area contributed by atoms with Crippen LogP contribution in [0.15, 0.2) is 12.4 Å². The Morgan fingerprint density at radius 1 is 1.53 bits per heavy atom. The van der Waals surface area contributed by atoms with Gasteiger partial charge < -0.3 is 5.32 Å². The molecule has 1 aromatic heterocycles. The third kappa shape index (κ3) is 2.59. The molecule has 0 spiro atoms. The topological polar surface area (TPSA) is 29.9 Å². The first-order chi connectivity index (χ1) is 7.13. The van der Waals surface area contributed by atoms with E-state index in [2.05, 4.69) is 42.2 Å². The summed E-state index contributed by atoms with van der Waals surface area (Å²) in [4.78, 5) is 0. The Hall–Kier alpha value is -0.830. The maximum absolute atomic E-state index is 4.39. The Morgan fingerprint density at radius 2 is 2.27 bits per heavy atom.